The van der Waals surface area contributed by atoms with Gasteiger partial charge in [0, 0.05) is 17.3 Å². The van der Waals surface area contributed by atoms with Crippen molar-refractivity contribution in [1.29, 1.82) is 0 Å². The van der Waals surface area contributed by atoms with Gasteiger partial charge in [0.1, 0.15) is 6.67 Å². The van der Waals surface area contributed by atoms with Crippen LogP contribution < -0.4 is 0 Å². The molecule has 1 aliphatic heterocycles. The molecule has 1 aromatic carbocycles. The summed E-state index contributed by atoms with van der Waals surface area (Å²) in [6, 6.07) is 10.3. The number of benzene rings is 1. The van der Waals surface area contributed by atoms with Gasteiger partial charge in [-0.25, -0.2) is 0 Å². The topological polar surface area (TPSA) is 15.6 Å². The molecule has 66 valence electrons. The van der Waals surface area contributed by atoms with E-state index in [1.165, 1.54) is 4.90 Å². The highest BCUT2D eigenvalue weighted by Gasteiger charge is 2.01. The van der Waals surface area contributed by atoms with Gasteiger partial charge in [-0.2, -0.15) is 0 Å². The molecule has 0 amide bonds. The van der Waals surface area contributed by atoms with E-state index in [1.807, 2.05) is 36.7 Å². The Bertz CT molecular complexity index is 319. The number of rotatable bonds is 2. The maximum absolute atomic E-state index is 4.15. The minimum Gasteiger partial charge on any atom is -0.298 e. The van der Waals surface area contributed by atoms with Gasteiger partial charge in [0.15, 0.2) is 0 Å². The number of hydrogen-bond donors (Lipinski definition) is 0. The molecule has 0 N–H and O–H groups in total. The molecule has 2 rings (SSSR count). The second-order valence-corrected chi connectivity index (χ2v) is 3.76. The summed E-state index contributed by atoms with van der Waals surface area (Å²) in [4.78, 5) is 5.39. The third kappa shape index (κ3) is 2.36. The Morgan fingerprint density at radius 1 is 1.23 bits per heavy atom. The van der Waals surface area contributed by atoms with Gasteiger partial charge in [0.25, 0.3) is 0 Å². The number of allylic oxidation sites excluding steroid dienone is 1. The Labute approximate surface area is 82.1 Å². The zero-order valence-electron chi connectivity index (χ0n) is 7.13. The van der Waals surface area contributed by atoms with E-state index in [2.05, 4.69) is 21.4 Å². The first kappa shape index (κ1) is 8.38. The van der Waals surface area contributed by atoms with Gasteiger partial charge in [0.2, 0.25) is 0 Å². The van der Waals surface area contributed by atoms with Gasteiger partial charge in [-0.3, -0.25) is 9.30 Å². The van der Waals surface area contributed by atoms with Gasteiger partial charge >= 0.3 is 0 Å². The summed E-state index contributed by atoms with van der Waals surface area (Å²) in [5.41, 5.74) is 0. The van der Waals surface area contributed by atoms with Crippen LogP contribution in [0, 0.1) is 0 Å². The molecule has 0 fully saturated rings. The van der Waals surface area contributed by atoms with Crippen LogP contribution in [0.1, 0.15) is 0 Å². The Morgan fingerprint density at radius 2 is 2.08 bits per heavy atom. The average molecular weight is 190 g/mol. The maximum atomic E-state index is 4.15. The molecule has 0 aromatic heterocycles. The van der Waals surface area contributed by atoms with E-state index >= 15 is 0 Å². The van der Waals surface area contributed by atoms with E-state index in [0.29, 0.717) is 0 Å². The van der Waals surface area contributed by atoms with Crippen LogP contribution in [0.5, 0.6) is 0 Å². The smallest absolute Gasteiger partial charge is 0.120 e. The summed E-state index contributed by atoms with van der Waals surface area (Å²) in [6.45, 7) is 0.732. The molecule has 13 heavy (non-hydrogen) atoms. The Morgan fingerprint density at radius 3 is 2.77 bits per heavy atom. The lowest BCUT2D eigenvalue weighted by molar-refractivity contribution is 0.637. The highest BCUT2D eigenvalue weighted by atomic mass is 32.2. The zero-order valence-corrected chi connectivity index (χ0v) is 7.95. The molecule has 0 saturated carbocycles. The van der Waals surface area contributed by atoms with Crippen molar-refractivity contribution in [2.24, 2.45) is 4.99 Å². The largest absolute Gasteiger partial charge is 0.298 e. The molecule has 1 heterocycles. The van der Waals surface area contributed by atoms with Crippen molar-refractivity contribution in [2.75, 3.05) is 6.67 Å². The van der Waals surface area contributed by atoms with Crippen molar-refractivity contribution < 1.29 is 0 Å². The summed E-state index contributed by atoms with van der Waals surface area (Å²) in [6.07, 6.45) is 5.80. The van der Waals surface area contributed by atoms with Crippen molar-refractivity contribution in [3.05, 3.63) is 42.6 Å². The first-order valence-corrected chi connectivity index (χ1v) is 4.89. The molecular formula is C10H10N2S. The molecule has 0 spiro atoms. The van der Waals surface area contributed by atoms with Crippen molar-refractivity contribution in [3.8, 4) is 0 Å². The summed E-state index contributed by atoms with van der Waals surface area (Å²) < 4.78 is 2.09. The second kappa shape index (κ2) is 4.14. The van der Waals surface area contributed by atoms with E-state index in [4.69, 9.17) is 0 Å². The molecule has 1 aliphatic rings. The Kier molecular flexibility index (Phi) is 2.67. The van der Waals surface area contributed by atoms with Crippen LogP contribution in [0.25, 0.3) is 0 Å². The molecule has 1 aromatic rings. The van der Waals surface area contributed by atoms with Gasteiger partial charge in [-0.05, 0) is 30.2 Å². The average Bonchev–Trinajstić information content (AvgIpc) is 2.21. The molecule has 0 aliphatic carbocycles. The van der Waals surface area contributed by atoms with Gasteiger partial charge < -0.3 is 0 Å². The molecular weight excluding hydrogens is 180 g/mol. The lowest BCUT2D eigenvalue weighted by Crippen LogP contribution is -2.10. The van der Waals surface area contributed by atoms with E-state index in [-0.39, 0.29) is 0 Å². The third-order valence-corrected chi connectivity index (χ3v) is 2.59. The van der Waals surface area contributed by atoms with Crippen molar-refractivity contribution >= 4 is 18.2 Å². The minimum absolute atomic E-state index is 0.732. The van der Waals surface area contributed by atoms with Crippen LogP contribution in [0.15, 0.2) is 52.5 Å². The monoisotopic (exact) mass is 190 g/mol. The predicted molar refractivity (Wildman–Crippen MR) is 56.6 cm³/mol. The van der Waals surface area contributed by atoms with E-state index in [9.17, 15) is 0 Å². The normalized spacial score (nSPS) is 14.9. The fourth-order valence-electron chi connectivity index (χ4n) is 1.05. The lowest BCUT2D eigenvalue weighted by Gasteiger charge is -2.17. The van der Waals surface area contributed by atoms with Crippen LogP contribution in [-0.4, -0.2) is 17.2 Å². The Hall–Kier alpha value is -1.22. The highest BCUT2D eigenvalue weighted by Crippen LogP contribution is 2.22. The van der Waals surface area contributed by atoms with Gasteiger partial charge in [-0.15, -0.1) is 0 Å². The standard InChI is InChI=1S/C10H10N2S/c1-2-5-10(6-3-1)13-12-8-4-7-11-9-12/h1-8H,9H2. The second-order valence-electron chi connectivity index (χ2n) is 2.64. The number of aliphatic imine (C=N–C) groups is 1. The van der Waals surface area contributed by atoms with E-state index < -0.39 is 0 Å². The Balaban J connectivity index is 1.99. The van der Waals surface area contributed by atoms with E-state index in [1.54, 1.807) is 11.9 Å². The van der Waals surface area contributed by atoms with Crippen molar-refractivity contribution in [1.82, 2.24) is 4.31 Å². The summed E-state index contributed by atoms with van der Waals surface area (Å²) >= 11 is 1.70. The molecule has 0 bridgehead atoms. The molecule has 0 atom stereocenters. The van der Waals surface area contributed by atoms with Crippen LogP contribution >= 0.6 is 11.9 Å². The highest BCUT2D eigenvalue weighted by molar-refractivity contribution is 7.97. The van der Waals surface area contributed by atoms with Crippen molar-refractivity contribution in [3.63, 3.8) is 0 Å². The predicted octanol–water partition coefficient (Wildman–Crippen LogP) is 2.55. The number of nitrogens with zero attached hydrogens (tertiary/aromatic N) is 2. The van der Waals surface area contributed by atoms with Gasteiger partial charge in [-0.1, -0.05) is 18.2 Å². The summed E-state index contributed by atoms with van der Waals surface area (Å²) in [5.74, 6) is 0. The number of hydrogen-bond acceptors (Lipinski definition) is 3. The van der Waals surface area contributed by atoms with Crippen LogP contribution in [0.2, 0.25) is 0 Å². The molecule has 0 saturated heterocycles. The van der Waals surface area contributed by atoms with Crippen molar-refractivity contribution in [2.45, 2.75) is 4.90 Å². The van der Waals surface area contributed by atoms with Crippen LogP contribution in [-0.2, 0) is 0 Å². The van der Waals surface area contributed by atoms with Crippen LogP contribution in [0.4, 0.5) is 0 Å². The lowest BCUT2D eigenvalue weighted by atomic mass is 10.4. The quantitative estimate of drug-likeness (QED) is 0.666. The summed E-state index contributed by atoms with van der Waals surface area (Å²) in [7, 11) is 0. The fraction of sp³-hybridized carbons (Fsp3) is 0.100. The van der Waals surface area contributed by atoms with Crippen LogP contribution in [0.3, 0.4) is 0 Å². The molecule has 0 unspecified atom stereocenters. The first-order chi connectivity index (χ1) is 6.45. The third-order valence-electron chi connectivity index (χ3n) is 1.63. The maximum Gasteiger partial charge on any atom is 0.120 e. The zero-order chi connectivity index (χ0) is 8.93. The molecule has 3 heteroatoms. The van der Waals surface area contributed by atoms with Gasteiger partial charge in [0.05, 0.1) is 0 Å². The SMILES string of the molecule is C1=CN(Sc2ccccc2)CN=C1. The molecule has 2 nitrogen and oxygen atoms in total. The minimum atomic E-state index is 0.732. The molecule has 0 radical (unpaired) electrons. The fourth-order valence-corrected chi connectivity index (χ4v) is 1.85. The van der Waals surface area contributed by atoms with E-state index in [0.717, 1.165) is 6.67 Å². The summed E-state index contributed by atoms with van der Waals surface area (Å²) in [5, 5.41) is 0. The first-order valence-electron chi connectivity index (χ1n) is 4.11.